The summed E-state index contributed by atoms with van der Waals surface area (Å²) in [6.07, 6.45) is 3.22. The second-order valence-electron chi connectivity index (χ2n) is 7.01. The van der Waals surface area contributed by atoms with Gasteiger partial charge in [0.05, 0.1) is 16.0 Å². The monoisotopic (exact) mass is 505 g/mol. The van der Waals surface area contributed by atoms with Crippen molar-refractivity contribution in [2.24, 2.45) is 5.73 Å². The van der Waals surface area contributed by atoms with Gasteiger partial charge in [-0.25, -0.2) is 4.98 Å². The zero-order valence-corrected chi connectivity index (χ0v) is 19.9. The number of imidazole rings is 1. The van der Waals surface area contributed by atoms with Crippen LogP contribution in [0.1, 0.15) is 21.6 Å². The van der Waals surface area contributed by atoms with E-state index >= 15 is 0 Å². The number of primary amides is 1. The highest BCUT2D eigenvalue weighted by atomic mass is 32.2. The van der Waals surface area contributed by atoms with E-state index in [2.05, 4.69) is 4.98 Å². The second kappa shape index (κ2) is 11.0. The van der Waals surface area contributed by atoms with Crippen LogP contribution in [0.2, 0.25) is 0 Å². The number of carbonyl (C=O) groups excluding carboxylic acids is 1. The molecule has 0 fully saturated rings. The van der Waals surface area contributed by atoms with E-state index in [1.165, 1.54) is 30.5 Å². The molecule has 2 heterocycles. The van der Waals surface area contributed by atoms with E-state index < -0.39 is 26.1 Å². The molecule has 4 N–H and O–H groups in total. The van der Waals surface area contributed by atoms with Crippen LogP contribution in [0.25, 0.3) is 5.65 Å². The summed E-state index contributed by atoms with van der Waals surface area (Å²) in [6.45, 7) is 3.68. The van der Waals surface area contributed by atoms with Gasteiger partial charge in [-0.1, -0.05) is 41.5 Å². The molecule has 10 nitrogen and oxygen atoms in total. The van der Waals surface area contributed by atoms with Crippen LogP contribution in [0.3, 0.4) is 0 Å². The Balaban J connectivity index is 0.000000181. The number of nitrogens with two attached hydrogens (primary N) is 1. The lowest BCUT2D eigenvalue weighted by molar-refractivity contribution is 0.0994. The number of hydrogen-bond acceptors (Lipinski definition) is 6. The van der Waals surface area contributed by atoms with Crippen LogP contribution in [0, 0.1) is 13.8 Å². The van der Waals surface area contributed by atoms with Gasteiger partial charge in [-0.15, -0.1) is 0 Å². The zero-order chi connectivity index (χ0) is 25.5. The van der Waals surface area contributed by atoms with Gasteiger partial charge in [-0.2, -0.15) is 16.8 Å². The zero-order valence-electron chi connectivity index (χ0n) is 18.2. The average Bonchev–Trinajstić information content (AvgIpc) is 3.19. The van der Waals surface area contributed by atoms with E-state index in [0.717, 1.165) is 16.8 Å². The fraction of sp³-hybridized carbons (Fsp3) is 0.0909. The van der Waals surface area contributed by atoms with Crippen molar-refractivity contribution >= 4 is 31.8 Å². The molecule has 0 aliphatic carbocycles. The van der Waals surface area contributed by atoms with Gasteiger partial charge in [0.1, 0.15) is 11.3 Å². The predicted molar refractivity (Wildman–Crippen MR) is 126 cm³/mol. The van der Waals surface area contributed by atoms with Crippen LogP contribution in [0.5, 0.6) is 0 Å². The molecule has 0 unspecified atom stereocenters. The van der Waals surface area contributed by atoms with Gasteiger partial charge < -0.3 is 5.73 Å². The lowest BCUT2D eigenvalue weighted by atomic mass is 10.2. The Bertz CT molecular complexity index is 1400. The first-order valence-electron chi connectivity index (χ1n) is 9.59. The van der Waals surface area contributed by atoms with Crippen molar-refractivity contribution in [3.05, 3.63) is 95.9 Å². The lowest BCUT2D eigenvalue weighted by Gasteiger charge is -1.95. The Hall–Kier alpha value is -3.58. The Kier molecular flexibility index (Phi) is 8.65. The number of rotatable bonds is 3. The highest BCUT2D eigenvalue weighted by Gasteiger charge is 2.08. The number of aromatic nitrogens is 2. The Morgan fingerprint density at radius 1 is 0.794 bits per heavy atom. The maximum absolute atomic E-state index is 10.8. The molecule has 0 saturated carbocycles. The number of fused-ring (bicyclic) bond motifs is 1. The maximum Gasteiger partial charge on any atom is 0.294 e. The van der Waals surface area contributed by atoms with Gasteiger partial charge in [0.25, 0.3) is 26.1 Å². The van der Waals surface area contributed by atoms with E-state index in [1.807, 2.05) is 32.0 Å². The third kappa shape index (κ3) is 7.78. The fourth-order valence-corrected chi connectivity index (χ4v) is 3.50. The summed E-state index contributed by atoms with van der Waals surface area (Å²) < 4.78 is 60.8. The normalized spacial score (nSPS) is 11.1. The smallest absolute Gasteiger partial charge is 0.294 e. The largest absolute Gasteiger partial charge is 0.364 e. The third-order valence-corrected chi connectivity index (χ3v) is 6.04. The minimum atomic E-state index is -4.02. The van der Waals surface area contributed by atoms with Crippen molar-refractivity contribution in [2.75, 3.05) is 0 Å². The average molecular weight is 506 g/mol. The molecule has 0 bridgehead atoms. The molecule has 2 aromatic carbocycles. The molecular formula is C22H23N3O7S2. The molecule has 0 saturated heterocycles. The highest BCUT2D eigenvalue weighted by molar-refractivity contribution is 7.86. The minimum absolute atomic E-state index is 0.0666. The summed E-state index contributed by atoms with van der Waals surface area (Å²) in [4.78, 5) is 14.7. The van der Waals surface area contributed by atoms with Crippen LogP contribution in [0.4, 0.5) is 0 Å². The molecule has 0 spiro atoms. The van der Waals surface area contributed by atoms with Crippen molar-refractivity contribution in [2.45, 2.75) is 23.6 Å². The van der Waals surface area contributed by atoms with E-state index in [0.29, 0.717) is 5.69 Å². The van der Waals surface area contributed by atoms with Gasteiger partial charge in [-0.3, -0.25) is 18.3 Å². The molecule has 12 heteroatoms. The van der Waals surface area contributed by atoms with Crippen molar-refractivity contribution in [3.63, 3.8) is 0 Å². The SMILES string of the molecule is Cc1ccc(S(=O)(=O)O)cc1.Cc1ccc(S(=O)(=O)O)cc1.NC(=O)c1cnc2ccccn12. The Morgan fingerprint density at radius 3 is 1.62 bits per heavy atom. The van der Waals surface area contributed by atoms with E-state index in [4.69, 9.17) is 14.8 Å². The number of hydrogen-bond donors (Lipinski definition) is 3. The van der Waals surface area contributed by atoms with Crippen molar-refractivity contribution in [3.8, 4) is 0 Å². The lowest BCUT2D eigenvalue weighted by Crippen LogP contribution is -2.13. The predicted octanol–water partition coefficient (Wildman–Crippen LogP) is 2.92. The van der Waals surface area contributed by atoms with Crippen LogP contribution < -0.4 is 5.73 Å². The van der Waals surface area contributed by atoms with Crippen molar-refractivity contribution in [1.29, 1.82) is 0 Å². The molecule has 2 aromatic heterocycles. The number of pyridine rings is 1. The van der Waals surface area contributed by atoms with Gasteiger partial charge in [0.2, 0.25) is 0 Å². The highest BCUT2D eigenvalue weighted by Crippen LogP contribution is 2.09. The molecular weight excluding hydrogens is 482 g/mol. The summed E-state index contributed by atoms with van der Waals surface area (Å²) >= 11 is 0. The third-order valence-electron chi connectivity index (χ3n) is 4.31. The van der Waals surface area contributed by atoms with Crippen LogP contribution in [0.15, 0.2) is 88.9 Å². The Labute approximate surface area is 197 Å². The molecule has 0 radical (unpaired) electrons. The van der Waals surface area contributed by atoms with Gasteiger partial charge in [-0.05, 0) is 50.2 Å². The molecule has 0 aliphatic rings. The first-order chi connectivity index (χ1) is 15.8. The standard InChI is InChI=1S/C8H7N3O.2C7H8O3S/c9-8(12)6-5-10-7-3-1-2-4-11(6)7;2*1-6-2-4-7(5-3-6)11(8,9)10/h1-5H,(H2,9,12);2*2-5H,1H3,(H,8,9,10). The molecule has 4 aromatic rings. The quantitative estimate of drug-likeness (QED) is 0.357. The molecule has 4 rings (SSSR count). The van der Waals surface area contributed by atoms with Gasteiger partial charge in [0.15, 0.2) is 0 Å². The first-order valence-corrected chi connectivity index (χ1v) is 12.5. The van der Waals surface area contributed by atoms with E-state index in [9.17, 15) is 21.6 Å². The second-order valence-corrected chi connectivity index (χ2v) is 9.86. The summed E-state index contributed by atoms with van der Waals surface area (Å²) in [6, 6.07) is 17.5. The molecule has 1 amide bonds. The number of nitrogens with zero attached hydrogens (tertiary/aromatic N) is 2. The maximum atomic E-state index is 10.8. The summed E-state index contributed by atoms with van der Waals surface area (Å²) in [5, 5.41) is 0. The fourth-order valence-electron chi connectivity index (χ4n) is 2.54. The first kappa shape index (κ1) is 26.7. The van der Waals surface area contributed by atoms with Gasteiger partial charge in [0, 0.05) is 6.20 Å². The van der Waals surface area contributed by atoms with Crippen molar-refractivity contribution < 1.29 is 30.7 Å². The summed E-state index contributed by atoms with van der Waals surface area (Å²) in [5.41, 5.74) is 8.17. The van der Waals surface area contributed by atoms with E-state index in [1.54, 1.807) is 34.9 Å². The topological polar surface area (TPSA) is 169 Å². The number of aryl methyl sites for hydroxylation is 2. The minimum Gasteiger partial charge on any atom is -0.364 e. The molecule has 0 aliphatic heterocycles. The Morgan fingerprint density at radius 2 is 1.24 bits per heavy atom. The van der Waals surface area contributed by atoms with E-state index in [-0.39, 0.29) is 9.79 Å². The molecule has 0 atom stereocenters. The van der Waals surface area contributed by atoms with Crippen LogP contribution in [-0.4, -0.2) is 41.2 Å². The van der Waals surface area contributed by atoms with Crippen molar-refractivity contribution in [1.82, 2.24) is 9.38 Å². The summed E-state index contributed by atoms with van der Waals surface area (Å²) in [7, 11) is -8.04. The molecule has 34 heavy (non-hydrogen) atoms. The van der Waals surface area contributed by atoms with Gasteiger partial charge >= 0.3 is 0 Å². The molecule has 180 valence electrons. The number of amides is 1. The van der Waals surface area contributed by atoms with Crippen LogP contribution in [-0.2, 0) is 20.2 Å². The number of benzene rings is 2. The number of carbonyl (C=O) groups is 1. The van der Waals surface area contributed by atoms with Crippen LogP contribution >= 0.6 is 0 Å². The summed E-state index contributed by atoms with van der Waals surface area (Å²) in [5.74, 6) is -0.464.